The second kappa shape index (κ2) is 13.4. The third-order valence-electron chi connectivity index (χ3n) is 5.87. The van der Waals surface area contributed by atoms with E-state index >= 15 is 0 Å². The highest BCUT2D eigenvalue weighted by Crippen LogP contribution is 2.28. The van der Waals surface area contributed by atoms with Gasteiger partial charge in [-0.25, -0.2) is 4.79 Å². The molecule has 194 valence electrons. The van der Waals surface area contributed by atoms with E-state index in [9.17, 15) is 4.79 Å². The van der Waals surface area contributed by atoms with Crippen LogP contribution in [0, 0.1) is 0 Å². The highest BCUT2D eigenvalue weighted by molar-refractivity contribution is 5.70. The van der Waals surface area contributed by atoms with E-state index in [1.807, 2.05) is 63.3 Å². The van der Waals surface area contributed by atoms with Gasteiger partial charge in [0.15, 0.2) is 6.29 Å². The minimum atomic E-state index is -0.843. The predicted molar refractivity (Wildman–Crippen MR) is 146 cm³/mol. The first-order valence-electron chi connectivity index (χ1n) is 13.0. The summed E-state index contributed by atoms with van der Waals surface area (Å²) in [4.78, 5) is 12.6. The number of unbranched alkanes of at least 4 members (excludes halogenated alkanes) is 4. The molecule has 1 saturated heterocycles. The molecule has 5 nitrogen and oxygen atoms in total. The summed E-state index contributed by atoms with van der Waals surface area (Å²) >= 11 is 0. The summed E-state index contributed by atoms with van der Waals surface area (Å²) in [6.07, 6.45) is 13.6. The molecule has 0 atom stereocenters. The molecule has 0 aliphatic carbocycles. The first-order valence-corrected chi connectivity index (χ1v) is 13.0. The minimum Gasteiger partial charge on any atom is -0.444 e. The molecule has 1 aliphatic heterocycles. The zero-order valence-electron chi connectivity index (χ0n) is 22.2. The number of carbonyl (C=O) groups excluding carboxylic acids is 1. The first-order chi connectivity index (χ1) is 17.3. The molecule has 0 bridgehead atoms. The third kappa shape index (κ3) is 9.29. The lowest BCUT2D eigenvalue weighted by Gasteiger charge is -2.39. The van der Waals surface area contributed by atoms with Crippen molar-refractivity contribution in [2.24, 2.45) is 0 Å². The Bertz CT molecular complexity index is 981. The van der Waals surface area contributed by atoms with E-state index in [1.54, 1.807) is 0 Å². The van der Waals surface area contributed by atoms with E-state index in [0.717, 1.165) is 17.5 Å². The van der Waals surface area contributed by atoms with E-state index in [-0.39, 0.29) is 13.2 Å². The number of ether oxygens (including phenoxy) is 3. The lowest BCUT2D eigenvalue weighted by molar-refractivity contribution is -0.207. The second-order valence-corrected chi connectivity index (χ2v) is 10.4. The van der Waals surface area contributed by atoms with Crippen molar-refractivity contribution in [1.82, 2.24) is 5.32 Å². The number of allylic oxidation sites excluding steroid dienone is 1. The molecular weight excluding hydrogens is 450 g/mol. The number of hydrogen-bond acceptors (Lipinski definition) is 4. The van der Waals surface area contributed by atoms with Gasteiger partial charge in [-0.1, -0.05) is 105 Å². The molecule has 1 amide bonds. The molecule has 1 aliphatic rings. The molecule has 3 rings (SSSR count). The Labute approximate surface area is 216 Å². The molecular formula is C31H41NO4. The molecule has 0 radical (unpaired) electrons. The topological polar surface area (TPSA) is 56.8 Å². The number of alkyl carbamates (subject to hydrolysis) is 1. The summed E-state index contributed by atoms with van der Waals surface area (Å²) < 4.78 is 17.6. The summed E-state index contributed by atoms with van der Waals surface area (Å²) in [7, 11) is 0. The van der Waals surface area contributed by atoms with Gasteiger partial charge in [-0.2, -0.15) is 0 Å². The van der Waals surface area contributed by atoms with Gasteiger partial charge in [0.05, 0.1) is 13.2 Å². The van der Waals surface area contributed by atoms with Crippen LogP contribution in [0.1, 0.15) is 82.8 Å². The minimum absolute atomic E-state index is 0.265. The predicted octanol–water partition coefficient (Wildman–Crippen LogP) is 7.69. The smallest absolute Gasteiger partial charge is 0.408 e. The van der Waals surface area contributed by atoms with Crippen molar-refractivity contribution in [3.63, 3.8) is 0 Å². The molecule has 1 N–H and O–H groups in total. The van der Waals surface area contributed by atoms with Gasteiger partial charge in [-0.3, -0.25) is 0 Å². The maximum Gasteiger partial charge on any atom is 0.408 e. The van der Waals surface area contributed by atoms with Gasteiger partial charge in [0, 0.05) is 5.56 Å². The van der Waals surface area contributed by atoms with Crippen LogP contribution < -0.4 is 5.32 Å². The third-order valence-corrected chi connectivity index (χ3v) is 5.87. The SMILES string of the molecule is CCCCCC/C=C\c1ccc(/C=C/C2(NC(=O)OC(C)(C)C)COC(c3ccccc3)OC2)cc1. The van der Waals surface area contributed by atoms with Crippen LogP contribution in [0.5, 0.6) is 0 Å². The fraction of sp³-hybridized carbons (Fsp3) is 0.452. The number of amides is 1. The van der Waals surface area contributed by atoms with Gasteiger partial charge in [0.25, 0.3) is 0 Å². The van der Waals surface area contributed by atoms with Crippen LogP contribution in [-0.4, -0.2) is 30.4 Å². The summed E-state index contributed by atoms with van der Waals surface area (Å²) in [5.74, 6) is 0. The van der Waals surface area contributed by atoms with Crippen LogP contribution >= 0.6 is 0 Å². The Kier molecular flexibility index (Phi) is 10.3. The second-order valence-electron chi connectivity index (χ2n) is 10.4. The molecule has 36 heavy (non-hydrogen) atoms. The van der Waals surface area contributed by atoms with Crippen LogP contribution in [-0.2, 0) is 14.2 Å². The average Bonchev–Trinajstić information content (AvgIpc) is 2.85. The number of rotatable bonds is 10. The van der Waals surface area contributed by atoms with E-state index in [2.05, 4.69) is 48.7 Å². The van der Waals surface area contributed by atoms with Gasteiger partial charge < -0.3 is 19.5 Å². The fourth-order valence-electron chi connectivity index (χ4n) is 3.94. The van der Waals surface area contributed by atoms with E-state index < -0.39 is 23.5 Å². The van der Waals surface area contributed by atoms with Crippen molar-refractivity contribution < 1.29 is 19.0 Å². The average molecular weight is 492 g/mol. The highest BCUT2D eigenvalue weighted by Gasteiger charge is 2.38. The number of nitrogens with one attached hydrogen (secondary N) is 1. The lowest BCUT2D eigenvalue weighted by Crippen LogP contribution is -2.57. The van der Waals surface area contributed by atoms with Gasteiger partial charge >= 0.3 is 6.09 Å². The van der Waals surface area contributed by atoms with Crippen molar-refractivity contribution >= 4 is 18.2 Å². The maximum atomic E-state index is 12.6. The Hall–Kier alpha value is -2.89. The normalized spacial score (nSPS) is 20.6. The quantitative estimate of drug-likeness (QED) is 0.346. The molecule has 2 aromatic carbocycles. The highest BCUT2D eigenvalue weighted by atomic mass is 16.7. The molecule has 0 aromatic heterocycles. The van der Waals surface area contributed by atoms with E-state index in [1.165, 1.54) is 31.2 Å². The summed E-state index contributed by atoms with van der Waals surface area (Å²) in [6, 6.07) is 18.2. The zero-order chi connectivity index (χ0) is 25.9. The molecule has 0 saturated carbocycles. The van der Waals surface area contributed by atoms with E-state index in [4.69, 9.17) is 14.2 Å². The van der Waals surface area contributed by atoms with Crippen LogP contribution in [0.4, 0.5) is 4.79 Å². The fourth-order valence-corrected chi connectivity index (χ4v) is 3.94. The number of benzene rings is 2. The Balaban J connectivity index is 1.66. The van der Waals surface area contributed by atoms with Gasteiger partial charge in [0.2, 0.25) is 0 Å². The molecule has 0 spiro atoms. The van der Waals surface area contributed by atoms with Crippen LogP contribution in [0.25, 0.3) is 12.2 Å². The Morgan fingerprint density at radius 2 is 1.61 bits per heavy atom. The van der Waals surface area contributed by atoms with Crippen LogP contribution in [0.2, 0.25) is 0 Å². The van der Waals surface area contributed by atoms with Crippen molar-refractivity contribution in [1.29, 1.82) is 0 Å². The first kappa shape index (κ1) is 27.7. The molecule has 2 aromatic rings. The summed E-state index contributed by atoms with van der Waals surface area (Å²) in [5, 5.41) is 2.98. The standard InChI is InChI=1S/C31H41NO4/c1-5-6-7-8-9-11-14-25-17-19-26(20-18-25)21-22-31(32-29(33)36-30(2,3)4)23-34-28(35-24-31)27-15-12-10-13-16-27/h10-22,28H,5-9,23-24H2,1-4H3,(H,32,33)/b14-11-,22-21+. The molecule has 1 heterocycles. The van der Waals surface area contributed by atoms with Crippen molar-refractivity contribution in [3.8, 4) is 0 Å². The molecule has 1 fully saturated rings. The van der Waals surface area contributed by atoms with Crippen molar-refractivity contribution in [2.75, 3.05) is 13.2 Å². The monoisotopic (exact) mass is 491 g/mol. The summed E-state index contributed by atoms with van der Waals surface area (Å²) in [5.41, 5.74) is 1.72. The number of carbonyl (C=O) groups is 1. The van der Waals surface area contributed by atoms with Gasteiger partial charge in [-0.05, 0) is 44.7 Å². The lowest BCUT2D eigenvalue weighted by atomic mass is 9.98. The van der Waals surface area contributed by atoms with Gasteiger partial charge in [0.1, 0.15) is 11.1 Å². The Morgan fingerprint density at radius 3 is 2.22 bits per heavy atom. The van der Waals surface area contributed by atoms with E-state index in [0.29, 0.717) is 0 Å². The number of hydrogen-bond donors (Lipinski definition) is 1. The Morgan fingerprint density at radius 1 is 0.972 bits per heavy atom. The largest absolute Gasteiger partial charge is 0.444 e. The van der Waals surface area contributed by atoms with Crippen LogP contribution in [0.3, 0.4) is 0 Å². The molecule has 5 heteroatoms. The van der Waals surface area contributed by atoms with Crippen molar-refractivity contribution in [3.05, 3.63) is 83.4 Å². The zero-order valence-corrected chi connectivity index (χ0v) is 22.2. The van der Waals surface area contributed by atoms with Crippen LogP contribution in [0.15, 0.2) is 66.7 Å². The van der Waals surface area contributed by atoms with Crippen molar-refractivity contribution in [2.45, 2.75) is 77.2 Å². The van der Waals surface area contributed by atoms with Gasteiger partial charge in [-0.15, -0.1) is 0 Å². The maximum absolute atomic E-state index is 12.6. The summed E-state index contributed by atoms with van der Waals surface area (Å²) in [6.45, 7) is 8.29. The molecule has 0 unspecified atom stereocenters.